The summed E-state index contributed by atoms with van der Waals surface area (Å²) < 4.78 is 0. The molecule has 3 rings (SSSR count). The predicted molar refractivity (Wildman–Crippen MR) is 99.0 cm³/mol. The van der Waals surface area contributed by atoms with Crippen LogP contribution in [0.3, 0.4) is 0 Å². The number of thiol groups is 1. The second kappa shape index (κ2) is 8.18. The van der Waals surface area contributed by atoms with Gasteiger partial charge in [0.2, 0.25) is 5.91 Å². The number of hydrogen-bond acceptors (Lipinski definition) is 3. The van der Waals surface area contributed by atoms with Crippen molar-refractivity contribution in [1.29, 1.82) is 0 Å². The molecule has 0 bridgehead atoms. The van der Waals surface area contributed by atoms with Gasteiger partial charge in [-0.05, 0) is 43.0 Å². The fourth-order valence-corrected chi connectivity index (χ4v) is 3.44. The van der Waals surface area contributed by atoms with Gasteiger partial charge in [0.1, 0.15) is 0 Å². The lowest BCUT2D eigenvalue weighted by molar-refractivity contribution is -0.126. The normalized spacial score (nSPS) is 19.2. The fraction of sp³-hybridized carbons (Fsp3) is 0.316. The first-order chi connectivity index (χ1) is 11.2. The van der Waals surface area contributed by atoms with Crippen LogP contribution in [0.15, 0.2) is 54.6 Å². The Morgan fingerprint density at radius 3 is 2.35 bits per heavy atom. The van der Waals surface area contributed by atoms with Crippen molar-refractivity contribution < 1.29 is 4.79 Å². The van der Waals surface area contributed by atoms with Gasteiger partial charge in [-0.1, -0.05) is 54.6 Å². The van der Waals surface area contributed by atoms with Gasteiger partial charge in [0.25, 0.3) is 0 Å². The van der Waals surface area contributed by atoms with Gasteiger partial charge in [0.15, 0.2) is 0 Å². The summed E-state index contributed by atoms with van der Waals surface area (Å²) in [4.78, 5) is 12.7. The van der Waals surface area contributed by atoms with Gasteiger partial charge in [0.05, 0.1) is 5.41 Å². The summed E-state index contributed by atoms with van der Waals surface area (Å²) in [5, 5.41) is 5.79. The highest BCUT2D eigenvalue weighted by Crippen LogP contribution is 2.40. The second-order valence-electron chi connectivity index (χ2n) is 5.58. The standard InChI is InChI=1S/C17H17NOS.C2H7N/c19-16-17(10-11-20,14-7-2-1-3-8-14)15-9-5-4-6-13(15)12-18-16;1-3-2/h1-9,20H,10-12H2,(H,18,19);3H,1-2H3. The zero-order valence-corrected chi connectivity index (χ0v) is 14.6. The SMILES string of the molecule is CNC.O=C1NCc2ccccc2C1(CCS)c1ccccc1. The molecular weight excluding hydrogens is 304 g/mol. The average molecular weight is 328 g/mol. The van der Waals surface area contributed by atoms with Crippen molar-refractivity contribution in [1.82, 2.24) is 10.6 Å². The average Bonchev–Trinajstić information content (AvgIpc) is 2.59. The molecule has 4 heteroatoms. The Morgan fingerprint density at radius 2 is 1.70 bits per heavy atom. The van der Waals surface area contributed by atoms with Crippen LogP contribution in [0, 0.1) is 0 Å². The molecule has 1 atom stereocenters. The number of nitrogens with one attached hydrogen (secondary N) is 2. The van der Waals surface area contributed by atoms with Gasteiger partial charge in [-0.2, -0.15) is 12.6 Å². The van der Waals surface area contributed by atoms with E-state index in [4.69, 9.17) is 0 Å². The first-order valence-corrected chi connectivity index (χ1v) is 8.45. The molecule has 23 heavy (non-hydrogen) atoms. The summed E-state index contributed by atoms with van der Waals surface area (Å²) in [6, 6.07) is 18.2. The van der Waals surface area contributed by atoms with E-state index in [1.165, 1.54) is 5.56 Å². The minimum absolute atomic E-state index is 0.0800. The minimum Gasteiger partial charge on any atom is -0.351 e. The van der Waals surface area contributed by atoms with Crippen LogP contribution in [0.4, 0.5) is 0 Å². The third kappa shape index (κ3) is 3.43. The van der Waals surface area contributed by atoms with E-state index in [9.17, 15) is 4.79 Å². The Balaban J connectivity index is 0.000000595. The van der Waals surface area contributed by atoms with Crippen molar-refractivity contribution in [3.05, 3.63) is 71.3 Å². The monoisotopic (exact) mass is 328 g/mol. The van der Waals surface area contributed by atoms with E-state index < -0.39 is 5.41 Å². The number of rotatable bonds is 3. The number of amides is 1. The van der Waals surface area contributed by atoms with Crippen molar-refractivity contribution in [3.8, 4) is 0 Å². The quantitative estimate of drug-likeness (QED) is 0.759. The zero-order valence-electron chi connectivity index (χ0n) is 13.7. The summed E-state index contributed by atoms with van der Waals surface area (Å²) >= 11 is 4.39. The Morgan fingerprint density at radius 1 is 1.09 bits per heavy atom. The van der Waals surface area contributed by atoms with Crippen molar-refractivity contribution in [2.45, 2.75) is 18.4 Å². The summed E-state index contributed by atoms with van der Waals surface area (Å²) in [7, 11) is 3.75. The third-order valence-corrected chi connectivity index (χ3v) is 4.28. The summed E-state index contributed by atoms with van der Waals surface area (Å²) in [5.74, 6) is 0.743. The highest BCUT2D eigenvalue weighted by Gasteiger charge is 2.44. The van der Waals surface area contributed by atoms with E-state index in [0.717, 1.165) is 11.1 Å². The highest BCUT2D eigenvalue weighted by molar-refractivity contribution is 7.80. The third-order valence-electron chi connectivity index (χ3n) is 4.06. The van der Waals surface area contributed by atoms with Gasteiger partial charge in [-0.15, -0.1) is 0 Å². The number of benzene rings is 2. The maximum atomic E-state index is 12.7. The molecule has 0 fully saturated rings. The molecule has 2 aromatic carbocycles. The minimum atomic E-state index is -0.613. The largest absolute Gasteiger partial charge is 0.351 e. The molecule has 1 aliphatic heterocycles. The van der Waals surface area contributed by atoms with Crippen LogP contribution >= 0.6 is 12.6 Å². The Kier molecular flexibility index (Phi) is 6.25. The molecule has 2 aromatic rings. The summed E-state index contributed by atoms with van der Waals surface area (Å²) in [6.45, 7) is 0.607. The molecule has 0 spiro atoms. The smallest absolute Gasteiger partial charge is 0.235 e. The van der Waals surface area contributed by atoms with E-state index in [1.54, 1.807) is 0 Å². The molecule has 0 aliphatic carbocycles. The Bertz CT molecular complexity index is 645. The molecule has 2 N–H and O–H groups in total. The fourth-order valence-electron chi connectivity index (χ4n) is 3.11. The van der Waals surface area contributed by atoms with Crippen molar-refractivity contribution >= 4 is 18.5 Å². The van der Waals surface area contributed by atoms with E-state index in [-0.39, 0.29) is 5.91 Å². The van der Waals surface area contributed by atoms with E-state index in [1.807, 2.05) is 56.6 Å². The van der Waals surface area contributed by atoms with Crippen LogP contribution in [0.5, 0.6) is 0 Å². The molecule has 1 unspecified atom stereocenters. The summed E-state index contributed by atoms with van der Waals surface area (Å²) in [6.07, 6.45) is 0.697. The lowest BCUT2D eigenvalue weighted by atomic mass is 9.68. The van der Waals surface area contributed by atoms with Gasteiger partial charge < -0.3 is 10.6 Å². The number of hydrogen-bond donors (Lipinski definition) is 3. The van der Waals surface area contributed by atoms with Crippen molar-refractivity contribution in [2.24, 2.45) is 0 Å². The van der Waals surface area contributed by atoms with Crippen molar-refractivity contribution in [3.63, 3.8) is 0 Å². The Hall–Kier alpha value is -1.78. The maximum Gasteiger partial charge on any atom is 0.235 e. The first kappa shape index (κ1) is 17.6. The molecular formula is C19H24N2OS. The molecule has 1 heterocycles. The second-order valence-corrected chi connectivity index (χ2v) is 6.03. The van der Waals surface area contributed by atoms with Gasteiger partial charge in [0, 0.05) is 6.54 Å². The first-order valence-electron chi connectivity index (χ1n) is 7.82. The molecule has 122 valence electrons. The van der Waals surface area contributed by atoms with E-state index in [2.05, 4.69) is 35.4 Å². The lowest BCUT2D eigenvalue weighted by Crippen LogP contribution is -2.49. The predicted octanol–water partition coefficient (Wildman–Crippen LogP) is 2.76. The van der Waals surface area contributed by atoms with Gasteiger partial charge in [-0.25, -0.2) is 0 Å². The van der Waals surface area contributed by atoms with Gasteiger partial charge >= 0.3 is 0 Å². The molecule has 0 radical (unpaired) electrons. The van der Waals surface area contributed by atoms with Crippen LogP contribution in [0.2, 0.25) is 0 Å². The molecule has 0 aromatic heterocycles. The molecule has 0 saturated carbocycles. The van der Waals surface area contributed by atoms with E-state index in [0.29, 0.717) is 18.7 Å². The zero-order chi connectivity index (χ0) is 16.7. The van der Waals surface area contributed by atoms with E-state index >= 15 is 0 Å². The molecule has 0 saturated heterocycles. The van der Waals surface area contributed by atoms with Crippen LogP contribution in [0.1, 0.15) is 23.1 Å². The number of carbonyl (C=O) groups excluding carboxylic acids is 1. The topological polar surface area (TPSA) is 41.1 Å². The van der Waals surface area contributed by atoms with Crippen LogP contribution in [-0.2, 0) is 16.8 Å². The van der Waals surface area contributed by atoms with Crippen molar-refractivity contribution in [2.75, 3.05) is 19.8 Å². The maximum absolute atomic E-state index is 12.7. The summed E-state index contributed by atoms with van der Waals surface area (Å²) in [5.41, 5.74) is 2.73. The Labute approximate surface area is 143 Å². The number of carbonyl (C=O) groups is 1. The molecule has 1 amide bonds. The lowest BCUT2D eigenvalue weighted by Gasteiger charge is -2.38. The van der Waals surface area contributed by atoms with Gasteiger partial charge in [-0.3, -0.25) is 4.79 Å². The van der Waals surface area contributed by atoms with Crippen LogP contribution < -0.4 is 10.6 Å². The molecule has 3 nitrogen and oxygen atoms in total. The highest BCUT2D eigenvalue weighted by atomic mass is 32.1. The van der Waals surface area contributed by atoms with Crippen LogP contribution in [-0.4, -0.2) is 25.8 Å². The van der Waals surface area contributed by atoms with Crippen LogP contribution in [0.25, 0.3) is 0 Å². The molecule has 1 aliphatic rings. The number of fused-ring (bicyclic) bond motifs is 1.